The molecule has 1 unspecified atom stereocenters. The van der Waals surface area contributed by atoms with Crippen LogP contribution >= 0.6 is 0 Å². The molecule has 6 nitrogen and oxygen atoms in total. The van der Waals surface area contributed by atoms with Crippen LogP contribution in [0.4, 0.5) is 0 Å². The van der Waals surface area contributed by atoms with Crippen LogP contribution in [-0.4, -0.2) is 50.1 Å². The summed E-state index contributed by atoms with van der Waals surface area (Å²) in [7, 11) is 1.45. The molecule has 21 heavy (non-hydrogen) atoms. The van der Waals surface area contributed by atoms with Crippen molar-refractivity contribution in [3.63, 3.8) is 0 Å². The van der Waals surface area contributed by atoms with Crippen LogP contribution in [0.1, 0.15) is 20.8 Å². The Hall–Kier alpha value is -1.66. The summed E-state index contributed by atoms with van der Waals surface area (Å²) in [5.41, 5.74) is -0.568. The maximum Gasteiger partial charge on any atom is 0.333 e. The Morgan fingerprint density at radius 2 is 1.48 bits per heavy atom. The molecule has 0 saturated carbocycles. The van der Waals surface area contributed by atoms with Gasteiger partial charge in [-0.25, -0.2) is 9.59 Å². The summed E-state index contributed by atoms with van der Waals surface area (Å²) in [6.45, 7) is 11.0. The molecule has 1 atom stereocenters. The van der Waals surface area contributed by atoms with E-state index in [1.165, 1.54) is 21.0 Å². The van der Waals surface area contributed by atoms with E-state index >= 15 is 0 Å². The topological polar surface area (TPSA) is 82.1 Å². The summed E-state index contributed by atoms with van der Waals surface area (Å²) < 4.78 is 15.4. The fourth-order valence-corrected chi connectivity index (χ4v) is 1.41. The fourth-order valence-electron chi connectivity index (χ4n) is 1.41. The highest BCUT2D eigenvalue weighted by molar-refractivity contribution is 5.87. The van der Waals surface area contributed by atoms with Gasteiger partial charge in [0.1, 0.15) is 13.2 Å². The van der Waals surface area contributed by atoms with Crippen LogP contribution in [0, 0.1) is 5.41 Å². The Kier molecular flexibility index (Phi) is 7.91. The van der Waals surface area contributed by atoms with E-state index in [-0.39, 0.29) is 31.0 Å². The third-order valence-electron chi connectivity index (χ3n) is 3.21. The van der Waals surface area contributed by atoms with E-state index in [1.54, 1.807) is 6.92 Å². The van der Waals surface area contributed by atoms with Gasteiger partial charge in [0, 0.05) is 18.3 Å². The van der Waals surface area contributed by atoms with Gasteiger partial charge in [0.15, 0.2) is 0 Å². The third-order valence-corrected chi connectivity index (χ3v) is 3.21. The van der Waals surface area contributed by atoms with Gasteiger partial charge in [-0.1, -0.05) is 13.2 Å². The zero-order chi connectivity index (χ0) is 16.6. The summed E-state index contributed by atoms with van der Waals surface area (Å²) in [6.07, 6.45) is -0.502. The van der Waals surface area contributed by atoms with Gasteiger partial charge in [0.2, 0.25) is 0 Å². The lowest BCUT2D eigenvalue weighted by Gasteiger charge is -2.35. The van der Waals surface area contributed by atoms with E-state index in [4.69, 9.17) is 14.2 Å². The van der Waals surface area contributed by atoms with Crippen LogP contribution in [0.25, 0.3) is 0 Å². The average molecular weight is 300 g/mol. The van der Waals surface area contributed by atoms with E-state index in [2.05, 4.69) is 13.2 Å². The number of methoxy groups -OCH3 is 1. The Balaban J connectivity index is 4.99. The lowest BCUT2D eigenvalue weighted by atomic mass is 9.85. The van der Waals surface area contributed by atoms with E-state index in [9.17, 15) is 14.7 Å². The average Bonchev–Trinajstić information content (AvgIpc) is 2.46. The molecule has 0 aliphatic heterocycles. The van der Waals surface area contributed by atoms with E-state index in [1.807, 2.05) is 0 Å². The first-order chi connectivity index (χ1) is 9.70. The van der Waals surface area contributed by atoms with E-state index in [0.717, 1.165) is 0 Å². The summed E-state index contributed by atoms with van der Waals surface area (Å²) in [5.74, 6) is -1.16. The van der Waals surface area contributed by atoms with Crippen LogP contribution in [0.15, 0.2) is 24.3 Å². The van der Waals surface area contributed by atoms with Gasteiger partial charge < -0.3 is 19.3 Å². The van der Waals surface area contributed by atoms with Crippen molar-refractivity contribution in [3.8, 4) is 0 Å². The molecule has 0 spiro atoms. The van der Waals surface area contributed by atoms with Crippen molar-refractivity contribution in [2.75, 3.05) is 26.9 Å². The predicted octanol–water partition coefficient (Wildman–Crippen LogP) is 1.24. The molecule has 0 aliphatic carbocycles. The molecule has 1 N–H and O–H groups in total. The van der Waals surface area contributed by atoms with Crippen molar-refractivity contribution in [2.45, 2.75) is 26.9 Å². The van der Waals surface area contributed by atoms with Gasteiger partial charge in [-0.3, -0.25) is 0 Å². The molecule has 0 bridgehead atoms. The standard InChI is InChI=1S/C15H24O6/c1-10(2)13(17)20-8-15(7-16,12(5)19-6)9-21-14(18)11(3)4/h12,16H,1,3,7-9H2,2,4-6H3. The molecule has 0 aromatic heterocycles. The van der Waals surface area contributed by atoms with Crippen molar-refractivity contribution in [3.05, 3.63) is 24.3 Å². The minimum atomic E-state index is -1.05. The van der Waals surface area contributed by atoms with Gasteiger partial charge in [-0.05, 0) is 20.8 Å². The van der Waals surface area contributed by atoms with E-state index in [0.29, 0.717) is 0 Å². The molecule has 0 aliphatic rings. The monoisotopic (exact) mass is 300 g/mol. The number of carbonyl (C=O) groups is 2. The quantitative estimate of drug-likeness (QED) is 0.509. The second kappa shape index (κ2) is 8.59. The largest absolute Gasteiger partial charge is 0.461 e. The number of rotatable bonds is 9. The first-order valence-electron chi connectivity index (χ1n) is 6.49. The summed E-state index contributed by atoms with van der Waals surface area (Å²) >= 11 is 0. The normalized spacial score (nSPS) is 12.4. The molecule has 0 aromatic carbocycles. The Bertz CT molecular complexity index is 382. The molecule has 0 fully saturated rings. The number of carbonyl (C=O) groups excluding carboxylic acids is 2. The van der Waals surface area contributed by atoms with Gasteiger partial charge in [-0.15, -0.1) is 0 Å². The van der Waals surface area contributed by atoms with Crippen LogP contribution < -0.4 is 0 Å². The minimum Gasteiger partial charge on any atom is -0.461 e. The summed E-state index contributed by atoms with van der Waals surface area (Å²) in [6, 6.07) is 0. The SMILES string of the molecule is C=C(C)C(=O)OCC(CO)(COC(=O)C(=C)C)C(C)OC. The van der Waals surface area contributed by atoms with Gasteiger partial charge in [0.25, 0.3) is 0 Å². The van der Waals surface area contributed by atoms with Crippen LogP contribution in [-0.2, 0) is 23.8 Å². The van der Waals surface area contributed by atoms with Crippen LogP contribution in [0.2, 0.25) is 0 Å². The Morgan fingerprint density at radius 1 is 1.10 bits per heavy atom. The second-order valence-electron chi connectivity index (χ2n) is 5.11. The first-order valence-corrected chi connectivity index (χ1v) is 6.49. The van der Waals surface area contributed by atoms with Gasteiger partial charge in [-0.2, -0.15) is 0 Å². The molecule has 0 aromatic rings. The van der Waals surface area contributed by atoms with Crippen molar-refractivity contribution in [2.24, 2.45) is 5.41 Å². The number of esters is 2. The van der Waals surface area contributed by atoms with Gasteiger partial charge >= 0.3 is 11.9 Å². The second-order valence-corrected chi connectivity index (χ2v) is 5.11. The summed E-state index contributed by atoms with van der Waals surface area (Å²) in [5, 5.41) is 9.67. The zero-order valence-electron chi connectivity index (χ0n) is 13.1. The molecule has 120 valence electrons. The Morgan fingerprint density at radius 3 is 1.71 bits per heavy atom. The number of hydrogen-bond acceptors (Lipinski definition) is 6. The molecule has 0 amide bonds. The van der Waals surface area contributed by atoms with Crippen molar-refractivity contribution in [1.82, 2.24) is 0 Å². The molecular weight excluding hydrogens is 276 g/mol. The predicted molar refractivity (Wildman–Crippen MR) is 77.5 cm³/mol. The van der Waals surface area contributed by atoms with Crippen molar-refractivity contribution in [1.29, 1.82) is 0 Å². The summed E-state index contributed by atoms with van der Waals surface area (Å²) in [4.78, 5) is 23.0. The molecule has 0 saturated heterocycles. The van der Waals surface area contributed by atoms with E-state index < -0.39 is 23.5 Å². The Labute approximate surface area is 125 Å². The highest BCUT2D eigenvalue weighted by Gasteiger charge is 2.39. The highest BCUT2D eigenvalue weighted by Crippen LogP contribution is 2.26. The third kappa shape index (κ3) is 5.69. The number of hydrogen-bond donors (Lipinski definition) is 1. The molecule has 0 rings (SSSR count). The number of aliphatic hydroxyl groups excluding tert-OH is 1. The fraction of sp³-hybridized carbons (Fsp3) is 0.600. The molecular formula is C15H24O6. The van der Waals surface area contributed by atoms with Crippen molar-refractivity contribution < 1.29 is 28.9 Å². The number of aliphatic hydroxyl groups is 1. The minimum absolute atomic E-state index is 0.159. The highest BCUT2D eigenvalue weighted by atomic mass is 16.6. The van der Waals surface area contributed by atoms with Crippen molar-refractivity contribution >= 4 is 11.9 Å². The molecule has 0 radical (unpaired) electrons. The zero-order valence-corrected chi connectivity index (χ0v) is 13.1. The first kappa shape index (κ1) is 19.3. The van der Waals surface area contributed by atoms with Crippen LogP contribution in [0.5, 0.6) is 0 Å². The maximum absolute atomic E-state index is 11.5. The van der Waals surface area contributed by atoms with Gasteiger partial charge in [0.05, 0.1) is 18.1 Å². The smallest absolute Gasteiger partial charge is 0.333 e. The lowest BCUT2D eigenvalue weighted by molar-refractivity contribution is -0.161. The number of ether oxygens (including phenoxy) is 3. The molecule has 0 heterocycles. The maximum atomic E-state index is 11.5. The van der Waals surface area contributed by atoms with Crippen LogP contribution in [0.3, 0.4) is 0 Å². The molecule has 6 heteroatoms. The lowest BCUT2D eigenvalue weighted by Crippen LogP contribution is -2.47.